The number of aliphatic hydroxyl groups is 1. The minimum Gasteiger partial charge on any atom is -0.388 e. The number of nitrogens with zero attached hydrogens (tertiary/aromatic N) is 3. The molecule has 1 aliphatic carbocycles. The molecule has 1 unspecified atom stereocenters. The fourth-order valence-corrected chi connectivity index (χ4v) is 2.89. The van der Waals surface area contributed by atoms with Crippen molar-refractivity contribution >= 4 is 5.91 Å². The normalized spacial score (nSPS) is 26.4. The van der Waals surface area contributed by atoms with E-state index in [1.807, 2.05) is 13.8 Å². The summed E-state index contributed by atoms with van der Waals surface area (Å²) in [4.78, 5) is 18.3. The minimum atomic E-state index is -0.941. The summed E-state index contributed by atoms with van der Waals surface area (Å²) in [6.07, 6.45) is 3.80. The number of β-amino-alcohol motifs (C(OH)–C–C–N with tert-alkyl or cyclic N) is 1. The molecule has 21 heavy (non-hydrogen) atoms. The first-order valence-corrected chi connectivity index (χ1v) is 7.80. The molecule has 116 valence electrons. The zero-order valence-corrected chi connectivity index (χ0v) is 12.7. The lowest BCUT2D eigenvalue weighted by molar-refractivity contribution is -0.139. The third-order valence-corrected chi connectivity index (χ3v) is 4.27. The van der Waals surface area contributed by atoms with Gasteiger partial charge in [0.15, 0.2) is 5.82 Å². The van der Waals surface area contributed by atoms with Crippen molar-refractivity contribution < 1.29 is 14.4 Å². The fourth-order valence-electron chi connectivity index (χ4n) is 2.89. The lowest BCUT2D eigenvalue weighted by Crippen LogP contribution is -2.51. The first-order valence-electron chi connectivity index (χ1n) is 7.80. The van der Waals surface area contributed by atoms with Gasteiger partial charge in [-0.3, -0.25) is 4.79 Å². The van der Waals surface area contributed by atoms with Gasteiger partial charge in [0, 0.05) is 24.9 Å². The molecule has 1 aromatic heterocycles. The largest absolute Gasteiger partial charge is 0.388 e. The summed E-state index contributed by atoms with van der Waals surface area (Å²) >= 11 is 0. The van der Waals surface area contributed by atoms with Gasteiger partial charge in [-0.05, 0) is 25.7 Å². The van der Waals surface area contributed by atoms with Gasteiger partial charge in [0.25, 0.3) is 0 Å². The van der Waals surface area contributed by atoms with Crippen LogP contribution in [0.4, 0.5) is 0 Å². The maximum atomic E-state index is 12.2. The Balaban J connectivity index is 1.65. The molecule has 1 atom stereocenters. The minimum absolute atomic E-state index is 0.196. The van der Waals surface area contributed by atoms with Crippen molar-refractivity contribution in [3.05, 3.63) is 11.7 Å². The van der Waals surface area contributed by atoms with Gasteiger partial charge in [0.2, 0.25) is 11.8 Å². The lowest BCUT2D eigenvalue weighted by atomic mass is 9.89. The molecular weight excluding hydrogens is 270 g/mol. The van der Waals surface area contributed by atoms with E-state index in [0.29, 0.717) is 31.1 Å². The van der Waals surface area contributed by atoms with Crippen LogP contribution in [0.2, 0.25) is 0 Å². The molecule has 3 rings (SSSR count). The summed E-state index contributed by atoms with van der Waals surface area (Å²) in [6.45, 7) is 5.13. The molecule has 1 aromatic rings. The van der Waals surface area contributed by atoms with Gasteiger partial charge in [0.1, 0.15) is 0 Å². The van der Waals surface area contributed by atoms with E-state index in [9.17, 15) is 9.90 Å². The Morgan fingerprint density at radius 3 is 2.90 bits per heavy atom. The van der Waals surface area contributed by atoms with Crippen LogP contribution in [0.5, 0.6) is 0 Å². The van der Waals surface area contributed by atoms with Crippen molar-refractivity contribution in [3.63, 3.8) is 0 Å². The Morgan fingerprint density at radius 1 is 1.52 bits per heavy atom. The predicted octanol–water partition coefficient (Wildman–Crippen LogP) is 1.50. The fraction of sp³-hybridized carbons (Fsp3) is 0.800. The number of amides is 1. The van der Waals surface area contributed by atoms with Crippen LogP contribution in [0.15, 0.2) is 4.52 Å². The molecule has 2 fully saturated rings. The maximum absolute atomic E-state index is 12.2. The third kappa shape index (κ3) is 3.26. The SMILES string of the molecule is CC(C)c1noc(CC2(O)CCCN(C(=O)C3CC3)C2)n1. The molecule has 0 spiro atoms. The summed E-state index contributed by atoms with van der Waals surface area (Å²) in [5.74, 6) is 1.72. The number of carbonyl (C=O) groups excluding carboxylic acids is 1. The van der Waals surface area contributed by atoms with E-state index < -0.39 is 5.60 Å². The predicted molar refractivity (Wildman–Crippen MR) is 75.6 cm³/mol. The molecule has 2 aliphatic rings. The van der Waals surface area contributed by atoms with E-state index in [0.717, 1.165) is 25.8 Å². The topological polar surface area (TPSA) is 79.5 Å². The lowest BCUT2D eigenvalue weighted by Gasteiger charge is -2.38. The molecule has 1 amide bonds. The van der Waals surface area contributed by atoms with Gasteiger partial charge in [-0.2, -0.15) is 4.98 Å². The van der Waals surface area contributed by atoms with Crippen molar-refractivity contribution in [3.8, 4) is 0 Å². The highest BCUT2D eigenvalue weighted by atomic mass is 16.5. The molecule has 1 N–H and O–H groups in total. The molecule has 0 radical (unpaired) electrons. The summed E-state index contributed by atoms with van der Waals surface area (Å²) in [7, 11) is 0. The van der Waals surface area contributed by atoms with Gasteiger partial charge >= 0.3 is 0 Å². The molecule has 0 bridgehead atoms. The monoisotopic (exact) mass is 293 g/mol. The number of hydrogen-bond acceptors (Lipinski definition) is 5. The van der Waals surface area contributed by atoms with Gasteiger partial charge in [-0.15, -0.1) is 0 Å². The van der Waals surface area contributed by atoms with Crippen LogP contribution >= 0.6 is 0 Å². The van der Waals surface area contributed by atoms with Crippen LogP contribution < -0.4 is 0 Å². The number of carbonyl (C=O) groups is 1. The quantitative estimate of drug-likeness (QED) is 0.910. The van der Waals surface area contributed by atoms with Crippen molar-refractivity contribution in [2.45, 2.75) is 57.5 Å². The zero-order chi connectivity index (χ0) is 15.0. The van der Waals surface area contributed by atoms with Gasteiger partial charge < -0.3 is 14.5 Å². The summed E-state index contributed by atoms with van der Waals surface area (Å²) < 4.78 is 5.22. The number of hydrogen-bond donors (Lipinski definition) is 1. The highest BCUT2D eigenvalue weighted by Gasteiger charge is 2.41. The van der Waals surface area contributed by atoms with Crippen LogP contribution in [0, 0.1) is 5.92 Å². The average Bonchev–Trinajstić information content (AvgIpc) is 3.18. The van der Waals surface area contributed by atoms with E-state index in [1.165, 1.54) is 0 Å². The first kappa shape index (κ1) is 14.5. The Labute approximate surface area is 124 Å². The van der Waals surface area contributed by atoms with E-state index >= 15 is 0 Å². The van der Waals surface area contributed by atoms with Crippen LogP contribution in [0.1, 0.15) is 57.2 Å². The van der Waals surface area contributed by atoms with E-state index in [4.69, 9.17) is 4.52 Å². The number of piperidine rings is 1. The first-order chi connectivity index (χ1) is 9.97. The van der Waals surface area contributed by atoms with E-state index in [2.05, 4.69) is 10.1 Å². The van der Waals surface area contributed by atoms with Crippen molar-refractivity contribution in [2.75, 3.05) is 13.1 Å². The zero-order valence-electron chi connectivity index (χ0n) is 12.7. The number of aromatic nitrogens is 2. The Bertz CT molecular complexity index is 524. The van der Waals surface area contributed by atoms with E-state index in [1.54, 1.807) is 4.90 Å². The second kappa shape index (κ2) is 5.40. The Kier molecular flexibility index (Phi) is 3.73. The van der Waals surface area contributed by atoms with Crippen molar-refractivity contribution in [2.24, 2.45) is 5.92 Å². The van der Waals surface area contributed by atoms with Gasteiger partial charge in [0.05, 0.1) is 12.0 Å². The highest BCUT2D eigenvalue weighted by molar-refractivity contribution is 5.81. The second-order valence-corrected chi connectivity index (χ2v) is 6.74. The molecule has 6 nitrogen and oxygen atoms in total. The average molecular weight is 293 g/mol. The molecule has 0 aromatic carbocycles. The molecule has 2 heterocycles. The van der Waals surface area contributed by atoms with Crippen LogP contribution in [-0.4, -0.2) is 44.7 Å². The number of rotatable bonds is 4. The molecule has 1 saturated heterocycles. The van der Waals surface area contributed by atoms with Crippen molar-refractivity contribution in [1.82, 2.24) is 15.0 Å². The smallest absolute Gasteiger partial charge is 0.229 e. The van der Waals surface area contributed by atoms with Crippen LogP contribution in [0.25, 0.3) is 0 Å². The third-order valence-electron chi connectivity index (χ3n) is 4.27. The number of likely N-dealkylation sites (tertiary alicyclic amines) is 1. The Morgan fingerprint density at radius 2 is 2.29 bits per heavy atom. The second-order valence-electron chi connectivity index (χ2n) is 6.74. The molecular formula is C15H23N3O3. The maximum Gasteiger partial charge on any atom is 0.229 e. The highest BCUT2D eigenvalue weighted by Crippen LogP contribution is 2.34. The summed E-state index contributed by atoms with van der Waals surface area (Å²) in [5.41, 5.74) is -0.941. The summed E-state index contributed by atoms with van der Waals surface area (Å²) in [5, 5.41) is 14.7. The standard InChI is InChI=1S/C15H23N3O3/c1-10(2)13-16-12(21-17-13)8-15(20)6-3-7-18(9-15)14(19)11-4-5-11/h10-11,20H,3-9H2,1-2H3. The molecule has 1 saturated carbocycles. The van der Waals surface area contributed by atoms with Gasteiger partial charge in [-0.1, -0.05) is 19.0 Å². The van der Waals surface area contributed by atoms with Crippen molar-refractivity contribution in [1.29, 1.82) is 0 Å². The van der Waals surface area contributed by atoms with E-state index in [-0.39, 0.29) is 17.7 Å². The molecule has 1 aliphatic heterocycles. The van der Waals surface area contributed by atoms with Gasteiger partial charge in [-0.25, -0.2) is 0 Å². The van der Waals surface area contributed by atoms with Crippen LogP contribution in [0.3, 0.4) is 0 Å². The molecule has 6 heteroatoms. The van der Waals surface area contributed by atoms with Crippen LogP contribution in [-0.2, 0) is 11.2 Å². The summed E-state index contributed by atoms with van der Waals surface area (Å²) in [6, 6.07) is 0. The Hall–Kier alpha value is -1.43.